The Morgan fingerprint density at radius 2 is 2.15 bits per heavy atom. The molecule has 1 aliphatic carbocycles. The lowest BCUT2D eigenvalue weighted by molar-refractivity contribution is -0.141. The number of hydrogen-bond donors (Lipinski definition) is 2. The van der Waals surface area contributed by atoms with Crippen molar-refractivity contribution in [1.29, 1.82) is 0 Å². The van der Waals surface area contributed by atoms with Gasteiger partial charge in [0, 0.05) is 16.8 Å². The van der Waals surface area contributed by atoms with Crippen LogP contribution in [0.4, 0.5) is 0 Å². The van der Waals surface area contributed by atoms with Gasteiger partial charge in [0.2, 0.25) is 0 Å². The van der Waals surface area contributed by atoms with Crippen molar-refractivity contribution in [2.45, 2.75) is 45.4 Å². The summed E-state index contributed by atoms with van der Waals surface area (Å²) < 4.78 is 0. The average Bonchev–Trinajstić information content (AvgIpc) is 2.87. The number of aryl methyl sites for hydroxylation is 1. The van der Waals surface area contributed by atoms with Gasteiger partial charge in [-0.3, -0.25) is 9.59 Å². The van der Waals surface area contributed by atoms with Crippen molar-refractivity contribution in [1.82, 2.24) is 5.32 Å². The summed E-state index contributed by atoms with van der Waals surface area (Å²) in [6, 6.07) is 0. The van der Waals surface area contributed by atoms with Crippen LogP contribution in [0.25, 0.3) is 0 Å². The van der Waals surface area contributed by atoms with Gasteiger partial charge in [-0.2, -0.15) is 0 Å². The molecule has 1 aromatic heterocycles. The molecule has 20 heavy (non-hydrogen) atoms. The second-order valence-electron chi connectivity index (χ2n) is 5.40. The molecular weight excluding hydrogens is 274 g/mol. The third kappa shape index (κ3) is 3.60. The molecule has 0 saturated carbocycles. The summed E-state index contributed by atoms with van der Waals surface area (Å²) in [7, 11) is 0. The molecule has 1 aromatic rings. The van der Waals surface area contributed by atoms with E-state index in [1.807, 2.05) is 5.38 Å². The normalized spacial score (nSPS) is 15.4. The first-order valence-electron chi connectivity index (χ1n) is 7.20. The van der Waals surface area contributed by atoms with Crippen LogP contribution in [0.2, 0.25) is 0 Å². The van der Waals surface area contributed by atoms with E-state index in [0.29, 0.717) is 19.4 Å². The smallest absolute Gasteiger partial charge is 0.306 e. The van der Waals surface area contributed by atoms with Crippen LogP contribution in [-0.4, -0.2) is 23.5 Å². The van der Waals surface area contributed by atoms with Gasteiger partial charge in [-0.15, -0.1) is 11.3 Å². The maximum absolute atomic E-state index is 12.1. The van der Waals surface area contributed by atoms with Crippen LogP contribution in [-0.2, 0) is 17.6 Å². The van der Waals surface area contributed by atoms with Gasteiger partial charge in [0.25, 0.3) is 5.91 Å². The van der Waals surface area contributed by atoms with Gasteiger partial charge in [-0.05, 0) is 44.1 Å². The molecule has 1 amide bonds. The molecule has 1 aliphatic rings. The number of carbonyl (C=O) groups is 2. The van der Waals surface area contributed by atoms with E-state index in [0.717, 1.165) is 18.4 Å². The van der Waals surface area contributed by atoms with Crippen LogP contribution in [0.5, 0.6) is 0 Å². The zero-order chi connectivity index (χ0) is 14.5. The lowest BCUT2D eigenvalue weighted by Gasteiger charge is -2.13. The van der Waals surface area contributed by atoms with Crippen molar-refractivity contribution in [2.75, 3.05) is 6.54 Å². The highest BCUT2D eigenvalue weighted by Crippen LogP contribution is 2.30. The van der Waals surface area contributed by atoms with Crippen LogP contribution in [0.3, 0.4) is 0 Å². The number of aliphatic carboxylic acids is 1. The Hall–Kier alpha value is -1.36. The first-order valence-corrected chi connectivity index (χ1v) is 8.07. The van der Waals surface area contributed by atoms with Crippen LogP contribution in [0.1, 0.15) is 53.4 Å². The van der Waals surface area contributed by atoms with E-state index >= 15 is 0 Å². The topological polar surface area (TPSA) is 66.4 Å². The highest BCUT2D eigenvalue weighted by Gasteiger charge is 2.19. The fourth-order valence-corrected chi connectivity index (χ4v) is 3.64. The first-order chi connectivity index (χ1) is 9.59. The van der Waals surface area contributed by atoms with E-state index in [1.165, 1.54) is 23.3 Å². The average molecular weight is 295 g/mol. The Morgan fingerprint density at radius 1 is 1.40 bits per heavy atom. The van der Waals surface area contributed by atoms with Crippen molar-refractivity contribution in [2.24, 2.45) is 5.92 Å². The number of thiophene rings is 1. The summed E-state index contributed by atoms with van der Waals surface area (Å²) in [5, 5.41) is 13.7. The van der Waals surface area contributed by atoms with Gasteiger partial charge >= 0.3 is 5.97 Å². The number of fused-ring (bicyclic) bond motifs is 1. The zero-order valence-electron chi connectivity index (χ0n) is 11.8. The molecule has 1 atom stereocenters. The van der Waals surface area contributed by atoms with Gasteiger partial charge in [0.1, 0.15) is 0 Å². The second-order valence-corrected chi connectivity index (χ2v) is 6.36. The molecule has 0 saturated heterocycles. The van der Waals surface area contributed by atoms with Crippen LogP contribution < -0.4 is 5.32 Å². The lowest BCUT2D eigenvalue weighted by atomic mass is 9.95. The lowest BCUT2D eigenvalue weighted by Crippen LogP contribution is -2.26. The first kappa shape index (κ1) is 15.0. The van der Waals surface area contributed by atoms with Gasteiger partial charge in [-0.25, -0.2) is 0 Å². The summed E-state index contributed by atoms with van der Waals surface area (Å²) >= 11 is 1.69. The molecule has 0 bridgehead atoms. The summed E-state index contributed by atoms with van der Waals surface area (Å²) in [6.45, 7) is 2.24. The zero-order valence-corrected chi connectivity index (χ0v) is 12.6. The number of nitrogens with one attached hydrogen (secondary N) is 1. The van der Waals surface area contributed by atoms with Gasteiger partial charge in [0.05, 0.1) is 11.5 Å². The number of amides is 1. The van der Waals surface area contributed by atoms with Gasteiger partial charge in [-0.1, -0.05) is 6.92 Å². The minimum Gasteiger partial charge on any atom is -0.481 e. The molecule has 0 aliphatic heterocycles. The van der Waals surface area contributed by atoms with Gasteiger partial charge < -0.3 is 10.4 Å². The molecule has 0 fully saturated rings. The van der Waals surface area contributed by atoms with Crippen molar-refractivity contribution in [3.63, 3.8) is 0 Å². The van der Waals surface area contributed by atoms with Crippen molar-refractivity contribution in [3.05, 3.63) is 21.4 Å². The van der Waals surface area contributed by atoms with E-state index in [1.54, 1.807) is 18.3 Å². The molecule has 0 radical (unpaired) electrons. The highest BCUT2D eigenvalue weighted by atomic mass is 32.1. The van der Waals surface area contributed by atoms with E-state index < -0.39 is 5.97 Å². The number of rotatable bonds is 6. The SMILES string of the molecule is CC(CCCNC(=O)c1csc2c1CCCC2)C(=O)O. The molecular formula is C15H21NO3S. The standard InChI is InChI=1S/C15H21NO3S/c1-10(15(18)19)5-4-8-16-14(17)12-9-20-13-7-3-2-6-11(12)13/h9-10H,2-8H2,1H3,(H,16,17)(H,18,19). The molecule has 4 nitrogen and oxygen atoms in total. The molecule has 1 heterocycles. The Labute approximate surface area is 123 Å². The fraction of sp³-hybridized carbons (Fsp3) is 0.600. The Balaban J connectivity index is 1.81. The van der Waals surface area contributed by atoms with Crippen molar-refractivity contribution in [3.8, 4) is 0 Å². The molecule has 0 aromatic carbocycles. The summed E-state index contributed by atoms with van der Waals surface area (Å²) in [5.74, 6) is -1.13. The van der Waals surface area contributed by atoms with Crippen LogP contribution >= 0.6 is 11.3 Å². The van der Waals surface area contributed by atoms with E-state index in [9.17, 15) is 9.59 Å². The Morgan fingerprint density at radius 3 is 2.90 bits per heavy atom. The molecule has 110 valence electrons. The van der Waals surface area contributed by atoms with Crippen molar-refractivity contribution >= 4 is 23.2 Å². The van der Waals surface area contributed by atoms with Gasteiger partial charge in [0.15, 0.2) is 0 Å². The molecule has 1 unspecified atom stereocenters. The monoisotopic (exact) mass is 295 g/mol. The number of hydrogen-bond acceptors (Lipinski definition) is 3. The van der Waals surface area contributed by atoms with Crippen LogP contribution in [0, 0.1) is 5.92 Å². The maximum Gasteiger partial charge on any atom is 0.306 e. The fourth-order valence-electron chi connectivity index (χ4n) is 2.51. The Kier molecular flexibility index (Phi) is 5.17. The molecule has 0 spiro atoms. The molecule has 5 heteroatoms. The third-order valence-electron chi connectivity index (χ3n) is 3.83. The predicted molar refractivity (Wildman–Crippen MR) is 79.3 cm³/mol. The summed E-state index contributed by atoms with van der Waals surface area (Å²) in [5.41, 5.74) is 2.06. The number of carboxylic acids is 1. The summed E-state index contributed by atoms with van der Waals surface area (Å²) in [4.78, 5) is 24.2. The van der Waals surface area contributed by atoms with E-state index in [4.69, 9.17) is 5.11 Å². The highest BCUT2D eigenvalue weighted by molar-refractivity contribution is 7.10. The van der Waals surface area contributed by atoms with Crippen molar-refractivity contribution < 1.29 is 14.7 Å². The number of carbonyl (C=O) groups excluding carboxylic acids is 1. The molecule has 2 N–H and O–H groups in total. The number of carboxylic acid groups (broad SMARTS) is 1. The second kappa shape index (κ2) is 6.88. The van der Waals surface area contributed by atoms with Crippen LogP contribution in [0.15, 0.2) is 5.38 Å². The predicted octanol–water partition coefficient (Wildman–Crippen LogP) is 2.86. The molecule has 2 rings (SSSR count). The van der Waals surface area contributed by atoms with E-state index in [-0.39, 0.29) is 11.8 Å². The minimum absolute atomic E-state index is 0.00706. The quantitative estimate of drug-likeness (QED) is 0.793. The largest absolute Gasteiger partial charge is 0.481 e. The minimum atomic E-state index is -0.775. The maximum atomic E-state index is 12.1. The Bertz CT molecular complexity index is 495. The summed E-state index contributed by atoms with van der Waals surface area (Å²) in [6.07, 6.45) is 5.80. The third-order valence-corrected chi connectivity index (χ3v) is 4.92. The van der Waals surface area contributed by atoms with E-state index in [2.05, 4.69) is 5.32 Å².